The monoisotopic (exact) mass is 281 g/mol. The summed E-state index contributed by atoms with van der Waals surface area (Å²) < 4.78 is 6.10. The SMILES string of the molecule is c1ccc(CO[C@@H]2CCCN(Cc3ccccc3)C2)cc1. The van der Waals surface area contributed by atoms with Gasteiger partial charge in [0.15, 0.2) is 0 Å². The molecule has 21 heavy (non-hydrogen) atoms. The predicted molar refractivity (Wildman–Crippen MR) is 86.0 cm³/mol. The van der Waals surface area contributed by atoms with Gasteiger partial charge in [-0.05, 0) is 30.5 Å². The highest BCUT2D eigenvalue weighted by molar-refractivity contribution is 5.15. The Bertz CT molecular complexity index is 526. The van der Waals surface area contributed by atoms with Crippen molar-refractivity contribution in [3.05, 3.63) is 71.8 Å². The first-order valence-corrected chi connectivity index (χ1v) is 7.82. The van der Waals surface area contributed by atoms with Crippen LogP contribution < -0.4 is 0 Å². The van der Waals surface area contributed by atoms with E-state index in [4.69, 9.17) is 4.74 Å². The predicted octanol–water partition coefficient (Wildman–Crippen LogP) is 3.87. The van der Waals surface area contributed by atoms with E-state index in [1.807, 2.05) is 6.07 Å². The summed E-state index contributed by atoms with van der Waals surface area (Å²) >= 11 is 0. The van der Waals surface area contributed by atoms with E-state index in [0.29, 0.717) is 6.10 Å². The Balaban J connectivity index is 1.49. The maximum atomic E-state index is 6.10. The van der Waals surface area contributed by atoms with Crippen LogP contribution in [0.1, 0.15) is 24.0 Å². The molecule has 2 heteroatoms. The summed E-state index contributed by atoms with van der Waals surface area (Å²) in [5, 5.41) is 0. The van der Waals surface area contributed by atoms with Crippen LogP contribution in [0.5, 0.6) is 0 Å². The third kappa shape index (κ3) is 4.42. The van der Waals surface area contributed by atoms with Crippen LogP contribution in [0, 0.1) is 0 Å². The Hall–Kier alpha value is -1.64. The molecule has 0 radical (unpaired) electrons. The van der Waals surface area contributed by atoms with Crippen LogP contribution in [0.15, 0.2) is 60.7 Å². The van der Waals surface area contributed by atoms with Crippen molar-refractivity contribution in [1.82, 2.24) is 4.90 Å². The van der Waals surface area contributed by atoms with Gasteiger partial charge in [-0.2, -0.15) is 0 Å². The minimum absolute atomic E-state index is 0.364. The molecule has 2 aromatic rings. The molecule has 110 valence electrons. The van der Waals surface area contributed by atoms with Gasteiger partial charge in [-0.3, -0.25) is 4.90 Å². The second-order valence-corrected chi connectivity index (χ2v) is 5.78. The molecule has 1 fully saturated rings. The van der Waals surface area contributed by atoms with Gasteiger partial charge in [0.2, 0.25) is 0 Å². The highest BCUT2D eigenvalue weighted by Crippen LogP contribution is 2.17. The molecule has 0 spiro atoms. The van der Waals surface area contributed by atoms with E-state index in [0.717, 1.165) is 19.7 Å². The molecule has 0 unspecified atom stereocenters. The topological polar surface area (TPSA) is 12.5 Å². The first kappa shape index (κ1) is 14.3. The number of piperidine rings is 1. The van der Waals surface area contributed by atoms with E-state index < -0.39 is 0 Å². The zero-order valence-electron chi connectivity index (χ0n) is 12.4. The molecule has 1 atom stereocenters. The number of nitrogens with zero attached hydrogens (tertiary/aromatic N) is 1. The first-order valence-electron chi connectivity index (χ1n) is 7.82. The van der Waals surface area contributed by atoms with Gasteiger partial charge < -0.3 is 4.74 Å². The molecule has 3 rings (SSSR count). The molecule has 2 aromatic carbocycles. The third-order valence-corrected chi connectivity index (χ3v) is 4.04. The van der Waals surface area contributed by atoms with Crippen LogP contribution in [-0.4, -0.2) is 24.1 Å². The highest BCUT2D eigenvalue weighted by Gasteiger charge is 2.20. The van der Waals surface area contributed by atoms with E-state index in [1.165, 1.54) is 30.5 Å². The van der Waals surface area contributed by atoms with Crippen molar-refractivity contribution in [1.29, 1.82) is 0 Å². The van der Waals surface area contributed by atoms with Crippen molar-refractivity contribution in [2.24, 2.45) is 0 Å². The van der Waals surface area contributed by atoms with Gasteiger partial charge >= 0.3 is 0 Å². The van der Waals surface area contributed by atoms with Crippen LogP contribution in [0.4, 0.5) is 0 Å². The van der Waals surface area contributed by atoms with Crippen molar-refractivity contribution in [2.45, 2.75) is 32.1 Å². The first-order chi connectivity index (χ1) is 10.4. The van der Waals surface area contributed by atoms with E-state index in [1.54, 1.807) is 0 Å². The van der Waals surface area contributed by atoms with Crippen LogP contribution in [0.25, 0.3) is 0 Å². The van der Waals surface area contributed by atoms with Crippen LogP contribution >= 0.6 is 0 Å². The van der Waals surface area contributed by atoms with Crippen molar-refractivity contribution in [2.75, 3.05) is 13.1 Å². The lowest BCUT2D eigenvalue weighted by atomic mass is 10.1. The quantitative estimate of drug-likeness (QED) is 0.825. The van der Waals surface area contributed by atoms with Gasteiger partial charge in [0.1, 0.15) is 0 Å². The van der Waals surface area contributed by atoms with Gasteiger partial charge in [-0.1, -0.05) is 60.7 Å². The molecule has 0 N–H and O–H groups in total. The van der Waals surface area contributed by atoms with E-state index in [9.17, 15) is 0 Å². The molecule has 1 aliphatic rings. The van der Waals surface area contributed by atoms with Gasteiger partial charge in [-0.15, -0.1) is 0 Å². The number of hydrogen-bond acceptors (Lipinski definition) is 2. The summed E-state index contributed by atoms with van der Waals surface area (Å²) in [5.41, 5.74) is 2.65. The van der Waals surface area contributed by atoms with Gasteiger partial charge in [-0.25, -0.2) is 0 Å². The second-order valence-electron chi connectivity index (χ2n) is 5.78. The van der Waals surface area contributed by atoms with E-state index in [2.05, 4.69) is 59.5 Å². The fourth-order valence-corrected chi connectivity index (χ4v) is 2.92. The van der Waals surface area contributed by atoms with Crippen molar-refractivity contribution < 1.29 is 4.74 Å². The average Bonchev–Trinajstić information content (AvgIpc) is 2.55. The number of benzene rings is 2. The maximum absolute atomic E-state index is 6.10. The minimum Gasteiger partial charge on any atom is -0.372 e. The average molecular weight is 281 g/mol. The van der Waals surface area contributed by atoms with Crippen molar-refractivity contribution in [3.63, 3.8) is 0 Å². The molecule has 0 saturated carbocycles. The van der Waals surface area contributed by atoms with Crippen molar-refractivity contribution in [3.8, 4) is 0 Å². The molecular formula is C19H23NO. The summed E-state index contributed by atoms with van der Waals surface area (Å²) in [5.74, 6) is 0. The highest BCUT2D eigenvalue weighted by atomic mass is 16.5. The van der Waals surface area contributed by atoms with Gasteiger partial charge in [0.25, 0.3) is 0 Å². The normalized spacial score (nSPS) is 19.5. The Kier molecular flexibility index (Phi) is 5.03. The zero-order chi connectivity index (χ0) is 14.3. The molecule has 1 saturated heterocycles. The molecule has 0 aromatic heterocycles. The lowest BCUT2D eigenvalue weighted by Gasteiger charge is -2.32. The molecule has 0 amide bonds. The summed E-state index contributed by atoms with van der Waals surface area (Å²) in [4.78, 5) is 2.51. The number of hydrogen-bond donors (Lipinski definition) is 0. The molecule has 0 aliphatic carbocycles. The lowest BCUT2D eigenvalue weighted by molar-refractivity contribution is -0.0120. The molecule has 0 bridgehead atoms. The van der Waals surface area contributed by atoms with Crippen molar-refractivity contribution >= 4 is 0 Å². The third-order valence-electron chi connectivity index (χ3n) is 4.04. The second kappa shape index (κ2) is 7.39. The Labute approximate surface area is 127 Å². The van der Waals surface area contributed by atoms with Gasteiger partial charge in [0, 0.05) is 13.1 Å². The maximum Gasteiger partial charge on any atom is 0.0721 e. The minimum atomic E-state index is 0.364. The van der Waals surface area contributed by atoms with E-state index >= 15 is 0 Å². The van der Waals surface area contributed by atoms with Crippen LogP contribution in [-0.2, 0) is 17.9 Å². The fourth-order valence-electron chi connectivity index (χ4n) is 2.92. The van der Waals surface area contributed by atoms with Gasteiger partial charge in [0.05, 0.1) is 12.7 Å². The Morgan fingerprint density at radius 1 is 0.905 bits per heavy atom. The lowest BCUT2D eigenvalue weighted by Crippen LogP contribution is -2.39. The van der Waals surface area contributed by atoms with E-state index in [-0.39, 0.29) is 0 Å². The smallest absolute Gasteiger partial charge is 0.0721 e. The molecule has 1 aliphatic heterocycles. The summed E-state index contributed by atoms with van der Waals surface area (Å²) in [6.07, 6.45) is 2.77. The Morgan fingerprint density at radius 3 is 2.29 bits per heavy atom. The zero-order valence-corrected chi connectivity index (χ0v) is 12.4. The number of likely N-dealkylation sites (tertiary alicyclic amines) is 1. The molecule has 2 nitrogen and oxygen atoms in total. The number of ether oxygens (including phenoxy) is 1. The largest absolute Gasteiger partial charge is 0.372 e. The summed E-state index contributed by atoms with van der Waals surface area (Å²) in [6, 6.07) is 21.2. The molecular weight excluding hydrogens is 258 g/mol. The standard InChI is InChI=1S/C19H23NO/c1-3-8-17(9-4-1)14-20-13-7-12-19(15-20)21-16-18-10-5-2-6-11-18/h1-6,8-11,19H,7,12-16H2/t19-/m1/s1. The molecule has 1 heterocycles. The van der Waals surface area contributed by atoms with Crippen LogP contribution in [0.2, 0.25) is 0 Å². The summed E-state index contributed by atoms with van der Waals surface area (Å²) in [7, 11) is 0. The van der Waals surface area contributed by atoms with Crippen LogP contribution in [0.3, 0.4) is 0 Å². The number of rotatable bonds is 5. The fraction of sp³-hybridized carbons (Fsp3) is 0.368. The Morgan fingerprint density at radius 2 is 1.57 bits per heavy atom. The summed E-state index contributed by atoms with van der Waals surface area (Å²) in [6.45, 7) is 3.98.